The number of aliphatic hydroxyl groups is 3. The molecule has 1 saturated carbocycles. The van der Waals surface area contributed by atoms with Crippen molar-refractivity contribution in [3.63, 3.8) is 0 Å². The lowest BCUT2D eigenvalue weighted by Gasteiger charge is -2.26. The fourth-order valence-electron chi connectivity index (χ4n) is 5.29. The summed E-state index contributed by atoms with van der Waals surface area (Å²) < 4.78 is 32.9. The van der Waals surface area contributed by atoms with Crippen molar-refractivity contribution in [2.45, 2.75) is 56.8 Å². The van der Waals surface area contributed by atoms with Gasteiger partial charge in [-0.25, -0.2) is 19.6 Å². The summed E-state index contributed by atoms with van der Waals surface area (Å²) in [6.45, 7) is 4.41. The number of rotatable bonds is 13. The first-order chi connectivity index (χ1) is 19.9. The molecule has 2 fully saturated rings. The fraction of sp³-hybridized carbons (Fsp3) is 0.519. The molecule has 1 saturated heterocycles. The molecule has 0 spiro atoms. The first-order valence-corrected chi connectivity index (χ1v) is 16.0. The fourth-order valence-corrected chi connectivity index (χ4v) is 7.53. The minimum atomic E-state index is -3.95. The van der Waals surface area contributed by atoms with E-state index in [1.54, 1.807) is 37.6 Å². The van der Waals surface area contributed by atoms with Gasteiger partial charge in [0.2, 0.25) is 0 Å². The summed E-state index contributed by atoms with van der Waals surface area (Å²) in [5.41, 5.74) is 3.55. The van der Waals surface area contributed by atoms with Gasteiger partial charge in [-0.1, -0.05) is 42.1 Å². The number of thioether (sulfide) groups is 1. The van der Waals surface area contributed by atoms with Crippen LogP contribution in [0.25, 0.3) is 11.0 Å². The van der Waals surface area contributed by atoms with Gasteiger partial charge in [-0.15, -0.1) is 0 Å². The van der Waals surface area contributed by atoms with Gasteiger partial charge in [-0.3, -0.25) is 13.8 Å². The van der Waals surface area contributed by atoms with Crippen LogP contribution in [0.5, 0.6) is 0 Å². The van der Waals surface area contributed by atoms with E-state index in [4.69, 9.17) is 19.5 Å². The van der Waals surface area contributed by atoms with Gasteiger partial charge in [0, 0.05) is 18.5 Å². The van der Waals surface area contributed by atoms with Crippen molar-refractivity contribution in [1.29, 1.82) is 0 Å². The van der Waals surface area contributed by atoms with Gasteiger partial charge >= 0.3 is 7.75 Å². The largest absolute Gasteiger partial charge is 0.405 e. The standard InChI is InChI=1S/C27H36N5O8PS/c1-25(2,15-33)24(35)42-12-11-38-41(37,31-13-17-7-5-4-6-8-17)39-14-19-20(34)27(36)23(26(27,3)40-19)32-10-9-18-21(28)29-16-30-22(18)32/h4-10,16,19-20,23,33-34,36H,11-15H2,1-3H3,(H,31,37)(H2,28,29,30)/t19-,20?,23-,26?,27?,41?/m1/s1. The van der Waals surface area contributed by atoms with Crippen LogP contribution in [0.1, 0.15) is 32.4 Å². The molecule has 0 radical (unpaired) electrons. The molecule has 1 aliphatic heterocycles. The lowest BCUT2D eigenvalue weighted by Crippen LogP contribution is -2.40. The van der Waals surface area contributed by atoms with Crippen LogP contribution in [0.4, 0.5) is 5.82 Å². The molecule has 15 heteroatoms. The SMILES string of the molecule is CC(C)(CO)C(=O)SCCOP(=O)(NCc1ccccc1)OC[C@H]1OC2(C)[C@@H](n3ccc4c(N)ncnc43)C2(O)C1O. The Morgan fingerprint density at radius 3 is 2.67 bits per heavy atom. The first-order valence-electron chi connectivity index (χ1n) is 13.5. The van der Waals surface area contributed by atoms with Gasteiger partial charge < -0.3 is 30.4 Å². The smallest absolute Gasteiger partial charge is 0.395 e. The van der Waals surface area contributed by atoms with E-state index in [2.05, 4.69) is 15.1 Å². The Morgan fingerprint density at radius 1 is 1.26 bits per heavy atom. The highest BCUT2D eigenvalue weighted by Gasteiger charge is 2.85. The van der Waals surface area contributed by atoms with Gasteiger partial charge in [0.1, 0.15) is 47.2 Å². The molecule has 3 heterocycles. The molecule has 1 aromatic carbocycles. The number of fused-ring (bicyclic) bond motifs is 2. The monoisotopic (exact) mass is 621 g/mol. The molecule has 0 amide bonds. The van der Waals surface area contributed by atoms with Crippen LogP contribution < -0.4 is 10.8 Å². The maximum atomic E-state index is 13.7. The third kappa shape index (κ3) is 5.51. The number of carbonyl (C=O) groups excluding carboxylic acids is 1. The number of aliphatic hydroxyl groups excluding tert-OH is 2. The number of nitrogen functional groups attached to an aromatic ring is 1. The molecule has 2 aromatic heterocycles. The Bertz CT molecular complexity index is 1490. The molecule has 6 atom stereocenters. The van der Waals surface area contributed by atoms with Crippen molar-refractivity contribution in [1.82, 2.24) is 19.6 Å². The van der Waals surface area contributed by atoms with Crippen LogP contribution in [0, 0.1) is 5.41 Å². The highest BCUT2D eigenvalue weighted by atomic mass is 32.2. The number of nitrogens with two attached hydrogens (primary N) is 1. The zero-order valence-electron chi connectivity index (χ0n) is 23.5. The number of ether oxygens (including phenoxy) is 1. The second kappa shape index (κ2) is 11.6. The van der Waals surface area contributed by atoms with E-state index in [1.165, 1.54) is 6.33 Å². The summed E-state index contributed by atoms with van der Waals surface area (Å²) in [4.78, 5) is 20.6. The van der Waals surface area contributed by atoms with Crippen LogP contribution in [-0.4, -0.2) is 84.0 Å². The molecule has 1 aliphatic carbocycles. The zero-order chi connectivity index (χ0) is 30.3. The first kappa shape index (κ1) is 31.0. The molecule has 6 N–H and O–H groups in total. The molecule has 3 aromatic rings. The van der Waals surface area contributed by atoms with E-state index in [0.717, 1.165) is 17.3 Å². The predicted molar refractivity (Wildman–Crippen MR) is 156 cm³/mol. The highest BCUT2D eigenvalue weighted by Crippen LogP contribution is 2.68. The average Bonchev–Trinajstić information content (AvgIpc) is 3.21. The van der Waals surface area contributed by atoms with Gasteiger partial charge in [0.05, 0.1) is 30.6 Å². The van der Waals surface area contributed by atoms with Crippen LogP contribution in [0.2, 0.25) is 0 Å². The van der Waals surface area contributed by atoms with Crippen LogP contribution in [0.15, 0.2) is 48.9 Å². The molecular formula is C27H36N5O8PS. The summed E-state index contributed by atoms with van der Waals surface area (Å²) in [7, 11) is -3.95. The van der Waals surface area contributed by atoms with Gasteiger partial charge in [-0.2, -0.15) is 0 Å². The second-order valence-electron chi connectivity index (χ2n) is 11.3. The Labute approximate surface area is 247 Å². The Morgan fingerprint density at radius 2 is 2.00 bits per heavy atom. The van der Waals surface area contributed by atoms with Crippen LogP contribution >= 0.6 is 19.5 Å². The third-order valence-corrected chi connectivity index (χ3v) is 10.7. The summed E-state index contributed by atoms with van der Waals surface area (Å²) in [5, 5.41) is 35.3. The van der Waals surface area contributed by atoms with Crippen molar-refractivity contribution in [2.24, 2.45) is 5.41 Å². The van der Waals surface area contributed by atoms with Crippen molar-refractivity contribution < 1.29 is 38.5 Å². The minimum absolute atomic E-state index is 0.0829. The molecular weight excluding hydrogens is 585 g/mol. The summed E-state index contributed by atoms with van der Waals surface area (Å²) >= 11 is 0.967. The number of anilines is 1. The van der Waals surface area contributed by atoms with Gasteiger partial charge in [0.25, 0.3) is 0 Å². The highest BCUT2D eigenvalue weighted by molar-refractivity contribution is 8.13. The molecule has 5 rings (SSSR count). The Balaban J connectivity index is 1.24. The van der Waals surface area contributed by atoms with E-state index in [9.17, 15) is 24.7 Å². The molecule has 13 nitrogen and oxygen atoms in total. The van der Waals surface area contributed by atoms with Crippen LogP contribution in [0.3, 0.4) is 0 Å². The van der Waals surface area contributed by atoms with Crippen LogP contribution in [-0.2, 0) is 29.7 Å². The molecule has 4 unspecified atom stereocenters. The van der Waals surface area contributed by atoms with Crippen molar-refractivity contribution in [3.8, 4) is 0 Å². The number of carbonyl (C=O) groups is 1. The van der Waals surface area contributed by atoms with Gasteiger partial charge in [-0.05, 0) is 32.4 Å². The molecule has 228 valence electrons. The van der Waals surface area contributed by atoms with E-state index in [1.807, 2.05) is 30.3 Å². The number of benzene rings is 1. The summed E-state index contributed by atoms with van der Waals surface area (Å²) in [5.74, 6) is 0.483. The van der Waals surface area contributed by atoms with E-state index in [-0.39, 0.29) is 37.2 Å². The molecule has 0 bridgehead atoms. The average molecular weight is 622 g/mol. The van der Waals surface area contributed by atoms with E-state index < -0.39 is 42.6 Å². The van der Waals surface area contributed by atoms with Crippen molar-refractivity contribution in [2.75, 3.05) is 31.3 Å². The lowest BCUT2D eigenvalue weighted by molar-refractivity contribution is -0.119. The third-order valence-electron chi connectivity index (χ3n) is 7.92. The van der Waals surface area contributed by atoms with E-state index >= 15 is 0 Å². The zero-order valence-corrected chi connectivity index (χ0v) is 25.3. The maximum absolute atomic E-state index is 13.7. The number of aromatic nitrogens is 3. The minimum Gasteiger partial charge on any atom is -0.395 e. The number of hydrogen-bond donors (Lipinski definition) is 5. The number of hydrogen-bond acceptors (Lipinski definition) is 12. The normalized spacial score (nSPS) is 28.5. The molecule has 42 heavy (non-hydrogen) atoms. The number of nitrogens with one attached hydrogen (secondary N) is 1. The topological polar surface area (TPSA) is 191 Å². The molecule has 2 aliphatic rings. The maximum Gasteiger partial charge on any atom is 0.405 e. The quantitative estimate of drug-likeness (QED) is 0.138. The van der Waals surface area contributed by atoms with E-state index in [0.29, 0.717) is 16.9 Å². The lowest BCUT2D eigenvalue weighted by atomic mass is 9.97. The summed E-state index contributed by atoms with van der Waals surface area (Å²) in [6.07, 6.45) is 0.660. The summed E-state index contributed by atoms with van der Waals surface area (Å²) in [6, 6.07) is 10.3. The second-order valence-corrected chi connectivity index (χ2v) is 14.2. The van der Waals surface area contributed by atoms with Gasteiger partial charge in [0.15, 0.2) is 5.12 Å². The van der Waals surface area contributed by atoms with Crippen molar-refractivity contribution in [3.05, 3.63) is 54.5 Å². The number of nitrogens with zero attached hydrogens (tertiary/aromatic N) is 3. The predicted octanol–water partition coefficient (Wildman–Crippen LogP) is 2.03. The Hall–Kier alpha value is -2.39. The van der Waals surface area contributed by atoms with Crippen molar-refractivity contribution >= 4 is 41.5 Å². The Kier molecular flexibility index (Phi) is 8.58.